The quantitative estimate of drug-likeness (QED) is 0.615. The standard InChI is InChI=1S/C15H29N3S/c1-12-6-3-4-7-13(12)10-17-15(16-2)18-11-14-8-5-9-19-14/h12-14H,3-11H2,1-2H3,(H2,16,17,18). The van der Waals surface area contributed by atoms with Crippen LogP contribution in [0.5, 0.6) is 0 Å². The van der Waals surface area contributed by atoms with E-state index < -0.39 is 0 Å². The molecule has 110 valence electrons. The molecule has 0 aromatic rings. The highest BCUT2D eigenvalue weighted by Gasteiger charge is 2.21. The molecular weight excluding hydrogens is 254 g/mol. The van der Waals surface area contributed by atoms with Crippen LogP contribution in [0.15, 0.2) is 4.99 Å². The number of thioether (sulfide) groups is 1. The van der Waals surface area contributed by atoms with Crippen LogP contribution in [0.2, 0.25) is 0 Å². The van der Waals surface area contributed by atoms with Crippen LogP contribution in [0, 0.1) is 11.8 Å². The summed E-state index contributed by atoms with van der Waals surface area (Å²) in [5, 5.41) is 7.79. The lowest BCUT2D eigenvalue weighted by molar-refractivity contribution is 0.256. The Bertz CT molecular complexity index is 287. The van der Waals surface area contributed by atoms with Gasteiger partial charge in [-0.05, 0) is 36.9 Å². The Balaban J connectivity index is 1.66. The lowest BCUT2D eigenvalue weighted by atomic mass is 9.80. The van der Waals surface area contributed by atoms with Gasteiger partial charge >= 0.3 is 0 Å². The highest BCUT2D eigenvalue weighted by atomic mass is 32.2. The summed E-state index contributed by atoms with van der Waals surface area (Å²) in [6.45, 7) is 4.54. The normalized spacial score (nSPS) is 32.3. The number of guanidine groups is 1. The van der Waals surface area contributed by atoms with Crippen molar-refractivity contribution < 1.29 is 0 Å². The van der Waals surface area contributed by atoms with Gasteiger partial charge in [0.05, 0.1) is 0 Å². The molecule has 2 rings (SSSR count). The van der Waals surface area contributed by atoms with Gasteiger partial charge in [0.2, 0.25) is 0 Å². The highest BCUT2D eigenvalue weighted by molar-refractivity contribution is 8.00. The van der Waals surface area contributed by atoms with E-state index in [0.717, 1.165) is 36.1 Å². The maximum absolute atomic E-state index is 4.34. The van der Waals surface area contributed by atoms with Crippen molar-refractivity contribution in [2.24, 2.45) is 16.8 Å². The molecule has 0 spiro atoms. The molecule has 1 aliphatic heterocycles. The summed E-state index contributed by atoms with van der Waals surface area (Å²) in [6, 6.07) is 0. The number of hydrogen-bond donors (Lipinski definition) is 2. The van der Waals surface area contributed by atoms with Gasteiger partial charge in [-0.25, -0.2) is 0 Å². The summed E-state index contributed by atoms with van der Waals surface area (Å²) in [5.74, 6) is 4.01. The molecule has 1 heterocycles. The Morgan fingerprint density at radius 1 is 1.11 bits per heavy atom. The van der Waals surface area contributed by atoms with Gasteiger partial charge in [0.25, 0.3) is 0 Å². The molecule has 0 radical (unpaired) electrons. The van der Waals surface area contributed by atoms with E-state index in [0.29, 0.717) is 0 Å². The summed E-state index contributed by atoms with van der Waals surface area (Å²) in [7, 11) is 1.88. The lowest BCUT2D eigenvalue weighted by Crippen LogP contribution is -2.43. The summed E-state index contributed by atoms with van der Waals surface area (Å²) in [6.07, 6.45) is 8.34. The van der Waals surface area contributed by atoms with Crippen LogP contribution >= 0.6 is 11.8 Å². The molecule has 3 nitrogen and oxygen atoms in total. The maximum atomic E-state index is 4.34. The second-order valence-electron chi connectivity index (χ2n) is 5.99. The fraction of sp³-hybridized carbons (Fsp3) is 0.933. The van der Waals surface area contributed by atoms with E-state index in [4.69, 9.17) is 0 Å². The van der Waals surface area contributed by atoms with Gasteiger partial charge in [-0.15, -0.1) is 0 Å². The molecule has 1 aliphatic carbocycles. The van der Waals surface area contributed by atoms with Crippen molar-refractivity contribution in [3.63, 3.8) is 0 Å². The van der Waals surface area contributed by atoms with Gasteiger partial charge < -0.3 is 10.6 Å². The fourth-order valence-corrected chi connectivity index (χ4v) is 4.36. The molecule has 4 heteroatoms. The van der Waals surface area contributed by atoms with Crippen molar-refractivity contribution in [2.45, 2.75) is 50.7 Å². The Hall–Kier alpha value is -0.380. The molecular formula is C15H29N3S. The minimum Gasteiger partial charge on any atom is -0.356 e. The Morgan fingerprint density at radius 2 is 1.89 bits per heavy atom. The number of aliphatic imine (C=N–C) groups is 1. The van der Waals surface area contributed by atoms with E-state index in [1.807, 2.05) is 7.05 Å². The first-order valence-corrected chi connectivity index (χ1v) is 8.90. The third kappa shape index (κ3) is 4.90. The molecule has 2 N–H and O–H groups in total. The Kier molecular flexibility index (Phi) is 6.35. The lowest BCUT2D eigenvalue weighted by Gasteiger charge is -2.29. The molecule has 2 fully saturated rings. The maximum Gasteiger partial charge on any atom is 0.191 e. The zero-order valence-corrected chi connectivity index (χ0v) is 13.3. The fourth-order valence-electron chi connectivity index (χ4n) is 3.16. The number of nitrogens with zero attached hydrogens (tertiary/aromatic N) is 1. The minimum absolute atomic E-state index is 0.784. The number of nitrogens with one attached hydrogen (secondary N) is 2. The molecule has 0 bridgehead atoms. The van der Waals surface area contributed by atoms with E-state index in [-0.39, 0.29) is 0 Å². The first-order valence-electron chi connectivity index (χ1n) is 7.85. The second-order valence-corrected chi connectivity index (χ2v) is 7.40. The summed E-state index contributed by atoms with van der Waals surface area (Å²) in [5.41, 5.74) is 0. The van der Waals surface area contributed by atoms with Gasteiger partial charge in [0.15, 0.2) is 5.96 Å². The predicted molar refractivity (Wildman–Crippen MR) is 86.0 cm³/mol. The molecule has 0 aromatic carbocycles. The van der Waals surface area contributed by atoms with Gasteiger partial charge in [0, 0.05) is 25.4 Å². The Labute approximate surface area is 122 Å². The van der Waals surface area contributed by atoms with Crippen molar-refractivity contribution in [3.8, 4) is 0 Å². The average molecular weight is 283 g/mol. The van der Waals surface area contributed by atoms with Crippen molar-refractivity contribution in [3.05, 3.63) is 0 Å². The van der Waals surface area contributed by atoms with Crippen molar-refractivity contribution in [1.82, 2.24) is 10.6 Å². The molecule has 0 aromatic heterocycles. The molecule has 2 aliphatic rings. The summed E-state index contributed by atoms with van der Waals surface area (Å²) >= 11 is 2.10. The van der Waals surface area contributed by atoms with Crippen LogP contribution in [0.3, 0.4) is 0 Å². The van der Waals surface area contributed by atoms with Gasteiger partial charge in [-0.2, -0.15) is 11.8 Å². The van der Waals surface area contributed by atoms with Gasteiger partial charge in [0.1, 0.15) is 0 Å². The van der Waals surface area contributed by atoms with E-state index >= 15 is 0 Å². The van der Waals surface area contributed by atoms with Crippen molar-refractivity contribution in [1.29, 1.82) is 0 Å². The van der Waals surface area contributed by atoms with Gasteiger partial charge in [-0.3, -0.25) is 4.99 Å². The highest BCUT2D eigenvalue weighted by Crippen LogP contribution is 2.28. The van der Waals surface area contributed by atoms with Crippen LogP contribution in [-0.2, 0) is 0 Å². The predicted octanol–water partition coefficient (Wildman–Crippen LogP) is 2.87. The molecule has 0 amide bonds. The smallest absolute Gasteiger partial charge is 0.191 e. The van der Waals surface area contributed by atoms with E-state index in [9.17, 15) is 0 Å². The third-order valence-corrected chi connectivity index (χ3v) is 5.96. The van der Waals surface area contributed by atoms with Gasteiger partial charge in [-0.1, -0.05) is 26.2 Å². The summed E-state index contributed by atoms with van der Waals surface area (Å²) < 4.78 is 0. The SMILES string of the molecule is CN=C(NCC1CCCS1)NCC1CCCCC1C. The monoisotopic (exact) mass is 283 g/mol. The van der Waals surface area contributed by atoms with Crippen LogP contribution in [-0.4, -0.2) is 37.1 Å². The van der Waals surface area contributed by atoms with Crippen LogP contribution in [0.4, 0.5) is 0 Å². The molecule has 1 saturated heterocycles. The average Bonchev–Trinajstić information content (AvgIpc) is 2.94. The first kappa shape index (κ1) is 15.0. The van der Waals surface area contributed by atoms with E-state index in [2.05, 4.69) is 34.3 Å². The first-order chi connectivity index (χ1) is 9.29. The Morgan fingerprint density at radius 3 is 2.58 bits per heavy atom. The van der Waals surface area contributed by atoms with E-state index in [1.165, 1.54) is 44.3 Å². The topological polar surface area (TPSA) is 36.4 Å². The largest absolute Gasteiger partial charge is 0.356 e. The zero-order chi connectivity index (χ0) is 13.5. The molecule has 1 saturated carbocycles. The molecule has 3 atom stereocenters. The number of hydrogen-bond acceptors (Lipinski definition) is 2. The molecule has 3 unspecified atom stereocenters. The second kappa shape index (κ2) is 8.03. The van der Waals surface area contributed by atoms with Crippen molar-refractivity contribution >= 4 is 17.7 Å². The van der Waals surface area contributed by atoms with Crippen LogP contribution in [0.1, 0.15) is 45.4 Å². The van der Waals surface area contributed by atoms with Crippen LogP contribution in [0.25, 0.3) is 0 Å². The molecule has 19 heavy (non-hydrogen) atoms. The van der Waals surface area contributed by atoms with Crippen molar-refractivity contribution in [2.75, 3.05) is 25.9 Å². The van der Waals surface area contributed by atoms with Crippen LogP contribution < -0.4 is 10.6 Å². The number of rotatable bonds is 4. The zero-order valence-electron chi connectivity index (χ0n) is 12.5. The van der Waals surface area contributed by atoms with E-state index in [1.54, 1.807) is 0 Å². The third-order valence-electron chi connectivity index (χ3n) is 4.57. The summed E-state index contributed by atoms with van der Waals surface area (Å²) in [4.78, 5) is 4.34. The minimum atomic E-state index is 0.784.